The molecule has 7 heteroatoms. The fraction of sp³-hybridized carbons (Fsp3) is 0.630. The third kappa shape index (κ3) is 5.84. The first-order chi connectivity index (χ1) is 15.5. The number of hydrogen-bond acceptors (Lipinski definition) is 5. The Morgan fingerprint density at radius 2 is 1.82 bits per heavy atom. The Balaban J connectivity index is 0.00000162. The van der Waals surface area contributed by atoms with Gasteiger partial charge in [-0.2, -0.15) is 0 Å². The SMILES string of the molecule is C.C.Cc1oc(-c2ccc(Cl)cc2)nc1CN1CC2(CC(C(=O)NCCCN3CCCC3)C2)C1. The highest BCUT2D eigenvalue weighted by Crippen LogP contribution is 2.52. The predicted molar refractivity (Wildman–Crippen MR) is 139 cm³/mol. The molecule has 1 saturated carbocycles. The van der Waals surface area contributed by atoms with Crippen LogP contribution in [0.25, 0.3) is 11.5 Å². The first-order valence-corrected chi connectivity index (χ1v) is 12.3. The van der Waals surface area contributed by atoms with Gasteiger partial charge in [-0.25, -0.2) is 4.98 Å². The van der Waals surface area contributed by atoms with Crippen molar-refractivity contribution in [1.29, 1.82) is 0 Å². The Hall–Kier alpha value is -1.89. The number of likely N-dealkylation sites (tertiary alicyclic amines) is 2. The lowest BCUT2D eigenvalue weighted by atomic mass is 9.57. The topological polar surface area (TPSA) is 61.6 Å². The van der Waals surface area contributed by atoms with Crippen LogP contribution in [0.1, 0.15) is 58.4 Å². The molecule has 2 saturated heterocycles. The van der Waals surface area contributed by atoms with Gasteiger partial charge in [-0.05, 0) is 88.3 Å². The zero-order chi connectivity index (χ0) is 22.1. The van der Waals surface area contributed by atoms with Crippen LogP contribution in [0.15, 0.2) is 28.7 Å². The van der Waals surface area contributed by atoms with Gasteiger partial charge in [0.25, 0.3) is 0 Å². The minimum absolute atomic E-state index is 0. The third-order valence-corrected chi connectivity index (χ3v) is 7.61. The van der Waals surface area contributed by atoms with E-state index in [1.165, 1.54) is 25.9 Å². The van der Waals surface area contributed by atoms with Crippen molar-refractivity contribution in [2.75, 3.05) is 39.3 Å². The predicted octanol–water partition coefficient (Wildman–Crippen LogP) is 5.39. The van der Waals surface area contributed by atoms with E-state index in [1.54, 1.807) is 0 Å². The Morgan fingerprint density at radius 1 is 1.15 bits per heavy atom. The van der Waals surface area contributed by atoms with Crippen molar-refractivity contribution in [2.24, 2.45) is 11.3 Å². The fourth-order valence-electron chi connectivity index (χ4n) is 5.61. The monoisotopic (exact) mass is 488 g/mol. The summed E-state index contributed by atoms with van der Waals surface area (Å²) in [6.07, 6.45) is 5.76. The lowest BCUT2D eigenvalue weighted by molar-refractivity contribution is -0.145. The molecular formula is C27H41ClN4O2. The van der Waals surface area contributed by atoms with Crippen molar-refractivity contribution >= 4 is 17.5 Å². The van der Waals surface area contributed by atoms with Crippen LogP contribution in [-0.4, -0.2) is 60.0 Å². The number of halogens is 1. The van der Waals surface area contributed by atoms with Gasteiger partial charge in [0.05, 0.1) is 5.69 Å². The second-order valence-corrected chi connectivity index (χ2v) is 10.4. The number of aromatic nitrogens is 1. The lowest BCUT2D eigenvalue weighted by Gasteiger charge is -2.58. The summed E-state index contributed by atoms with van der Waals surface area (Å²) in [7, 11) is 0. The molecule has 1 aliphatic carbocycles. The minimum Gasteiger partial charge on any atom is -0.441 e. The van der Waals surface area contributed by atoms with Gasteiger partial charge in [-0.15, -0.1) is 0 Å². The molecule has 0 atom stereocenters. The van der Waals surface area contributed by atoms with E-state index in [0.29, 0.717) is 16.3 Å². The first-order valence-electron chi connectivity index (χ1n) is 11.9. The molecule has 0 radical (unpaired) electrons. The molecule has 34 heavy (non-hydrogen) atoms. The maximum atomic E-state index is 12.5. The zero-order valence-electron chi connectivity index (χ0n) is 18.9. The number of benzene rings is 1. The summed E-state index contributed by atoms with van der Waals surface area (Å²) in [5.41, 5.74) is 2.28. The van der Waals surface area contributed by atoms with Crippen molar-refractivity contribution in [1.82, 2.24) is 20.1 Å². The molecule has 188 valence electrons. The fourth-order valence-corrected chi connectivity index (χ4v) is 5.74. The molecule has 6 nitrogen and oxygen atoms in total. The van der Waals surface area contributed by atoms with Gasteiger partial charge < -0.3 is 14.6 Å². The number of nitrogens with zero attached hydrogens (tertiary/aromatic N) is 3. The number of aryl methyl sites for hydroxylation is 1. The number of carbonyl (C=O) groups is 1. The third-order valence-electron chi connectivity index (χ3n) is 7.35. The summed E-state index contributed by atoms with van der Waals surface area (Å²) in [5, 5.41) is 3.87. The molecule has 2 aliphatic heterocycles. The van der Waals surface area contributed by atoms with E-state index in [2.05, 4.69) is 15.1 Å². The van der Waals surface area contributed by atoms with Crippen LogP contribution in [0, 0.1) is 18.3 Å². The second-order valence-electron chi connectivity index (χ2n) is 9.97. The molecular weight excluding hydrogens is 448 g/mol. The van der Waals surface area contributed by atoms with Crippen molar-refractivity contribution in [3.05, 3.63) is 40.7 Å². The summed E-state index contributed by atoms with van der Waals surface area (Å²) in [4.78, 5) is 22.1. The molecule has 2 aromatic rings. The average molecular weight is 489 g/mol. The van der Waals surface area contributed by atoms with Crippen molar-refractivity contribution < 1.29 is 9.21 Å². The van der Waals surface area contributed by atoms with E-state index in [9.17, 15) is 4.79 Å². The van der Waals surface area contributed by atoms with E-state index >= 15 is 0 Å². The minimum atomic E-state index is 0. The van der Waals surface area contributed by atoms with Crippen molar-refractivity contribution in [2.45, 2.75) is 60.4 Å². The molecule has 1 aromatic carbocycles. The highest BCUT2D eigenvalue weighted by Gasteiger charge is 2.54. The zero-order valence-corrected chi connectivity index (χ0v) is 19.7. The van der Waals surface area contributed by atoms with Crippen LogP contribution < -0.4 is 5.32 Å². The Labute approximate surface area is 210 Å². The highest BCUT2D eigenvalue weighted by atomic mass is 35.5. The Morgan fingerprint density at radius 3 is 2.50 bits per heavy atom. The number of carbonyl (C=O) groups excluding carboxylic acids is 1. The van der Waals surface area contributed by atoms with Crippen molar-refractivity contribution in [3.8, 4) is 11.5 Å². The highest BCUT2D eigenvalue weighted by molar-refractivity contribution is 6.30. The standard InChI is InChI=1S/C25H33ClN4O2.2CH4/c1-18-22(28-24(32-18)19-5-7-21(26)8-6-19)15-30-16-25(17-30)13-20(14-25)23(31)27-9-4-12-29-10-2-3-11-29;;/h5-8,20H,2-4,9-17H2,1H3,(H,27,31);2*1H4. The number of hydrogen-bond donors (Lipinski definition) is 1. The lowest BCUT2D eigenvalue weighted by Crippen LogP contribution is -2.63. The number of nitrogens with one attached hydrogen (secondary N) is 1. The van der Waals surface area contributed by atoms with Gasteiger partial charge in [0.2, 0.25) is 11.8 Å². The first kappa shape index (κ1) is 26.7. The maximum absolute atomic E-state index is 12.5. The van der Waals surface area contributed by atoms with E-state index in [1.807, 2.05) is 31.2 Å². The number of amides is 1. The quantitative estimate of drug-likeness (QED) is 0.505. The Kier molecular flexibility index (Phi) is 8.82. The summed E-state index contributed by atoms with van der Waals surface area (Å²) in [5.74, 6) is 1.98. The Bertz CT molecular complexity index is 938. The average Bonchev–Trinajstić information content (AvgIpc) is 3.36. The van der Waals surface area contributed by atoms with Gasteiger partial charge in [0.1, 0.15) is 5.76 Å². The van der Waals surface area contributed by atoms with Crippen LogP contribution in [0.4, 0.5) is 0 Å². The second kappa shape index (κ2) is 11.2. The normalized spacial score (nSPS) is 19.7. The molecule has 3 aliphatic rings. The van der Waals surface area contributed by atoms with Gasteiger partial charge in [-0.3, -0.25) is 9.69 Å². The number of oxazole rings is 1. The van der Waals surface area contributed by atoms with E-state index in [0.717, 1.165) is 69.0 Å². The van der Waals surface area contributed by atoms with Crippen LogP contribution in [0.2, 0.25) is 5.02 Å². The molecule has 1 amide bonds. The summed E-state index contributed by atoms with van der Waals surface area (Å²) >= 11 is 5.98. The molecule has 0 unspecified atom stereocenters. The molecule has 3 heterocycles. The molecule has 1 N–H and O–H groups in total. The molecule has 5 rings (SSSR count). The van der Waals surface area contributed by atoms with Crippen LogP contribution in [-0.2, 0) is 11.3 Å². The molecule has 1 aromatic heterocycles. The van der Waals surface area contributed by atoms with E-state index < -0.39 is 0 Å². The summed E-state index contributed by atoms with van der Waals surface area (Å²) in [6, 6.07) is 7.57. The smallest absolute Gasteiger partial charge is 0.226 e. The van der Waals surface area contributed by atoms with E-state index in [-0.39, 0.29) is 26.7 Å². The van der Waals surface area contributed by atoms with Crippen LogP contribution in [0.5, 0.6) is 0 Å². The largest absolute Gasteiger partial charge is 0.441 e. The molecule has 1 spiro atoms. The van der Waals surface area contributed by atoms with Crippen LogP contribution in [0.3, 0.4) is 0 Å². The van der Waals surface area contributed by atoms with E-state index in [4.69, 9.17) is 21.0 Å². The van der Waals surface area contributed by atoms with Gasteiger partial charge >= 0.3 is 0 Å². The summed E-state index contributed by atoms with van der Waals surface area (Å²) < 4.78 is 5.89. The van der Waals surface area contributed by atoms with Gasteiger partial charge in [-0.1, -0.05) is 26.5 Å². The molecule has 3 fully saturated rings. The summed E-state index contributed by atoms with van der Waals surface area (Å²) in [6.45, 7) is 9.26. The van der Waals surface area contributed by atoms with Crippen molar-refractivity contribution in [3.63, 3.8) is 0 Å². The van der Waals surface area contributed by atoms with Crippen LogP contribution >= 0.6 is 11.6 Å². The number of rotatable bonds is 8. The van der Waals surface area contributed by atoms with Gasteiger partial charge in [0, 0.05) is 42.7 Å². The molecule has 0 bridgehead atoms. The maximum Gasteiger partial charge on any atom is 0.226 e. The van der Waals surface area contributed by atoms with Gasteiger partial charge in [0.15, 0.2) is 0 Å².